The molecule has 30 heteroatoms. The van der Waals surface area contributed by atoms with Gasteiger partial charge in [0, 0.05) is 55.9 Å². The number of halogens is 5. The molecule has 9 aromatic heterocycles. The molecule has 0 unspecified atom stereocenters. The molecule has 80 heavy (non-hydrogen) atoms. The lowest BCUT2D eigenvalue weighted by molar-refractivity contribution is 0.233. The minimum Gasteiger partial charge on any atom is -0.391 e. The largest absolute Gasteiger partial charge is 0.437 e. The molecular weight excluding hydrogens is 1140 g/mol. The van der Waals surface area contributed by atoms with Gasteiger partial charge in [-0.05, 0) is 72.9 Å². The van der Waals surface area contributed by atoms with Crippen molar-refractivity contribution in [2.75, 3.05) is 0 Å². The number of H-pyrrole nitrogens is 1. The molecule has 0 bridgehead atoms. The summed E-state index contributed by atoms with van der Waals surface area (Å²) in [6.07, 6.45) is 14.2. The van der Waals surface area contributed by atoms with Gasteiger partial charge >= 0.3 is 11.5 Å². The first-order chi connectivity index (χ1) is 42.2. The topological polar surface area (TPSA) is 294 Å². The highest BCUT2D eigenvalue weighted by Gasteiger charge is 2.35. The molecule has 1 N–H and O–H groups in total. The second-order valence-electron chi connectivity index (χ2n) is 17.7. The Labute approximate surface area is 488 Å². The van der Waals surface area contributed by atoms with Crippen LogP contribution in [0.3, 0.4) is 0 Å². The smallest absolute Gasteiger partial charge is 0.391 e. The number of fused-ring (bicyclic) bond motifs is 4. The highest BCUT2D eigenvalue weighted by molar-refractivity contribution is 6.33. The molecule has 10 heterocycles. The molecule has 2 saturated carbocycles. The SMILES string of the molecule is Clc1ncnc2c1N=CC2.O=c1oc(CCl)nn1C1CC(c2ccc(Cl)cc2)C1.[2H]C([2H])([2H])n1cnc2nc[nH]c(=O)c21.[2H]C([2H])([2H])n1cnc2ncn(Cc3nn(C4CC(c5ccc(Cl)cc5)C4)c(=O)o3)c(=O)c21.[2H]C([2H])([2H])n1cnc2ncnc(Cl)c21. The van der Waals surface area contributed by atoms with Crippen molar-refractivity contribution in [2.24, 2.45) is 25.9 Å². The van der Waals surface area contributed by atoms with Crippen LogP contribution in [0.15, 0.2) is 126 Å². The Kier molecular flexibility index (Phi) is 13.4. The first kappa shape index (κ1) is 44.6. The number of aromatic nitrogens is 18. The van der Waals surface area contributed by atoms with Crippen molar-refractivity contribution < 1.29 is 21.2 Å². The Morgan fingerprint density at radius 2 is 1.11 bits per heavy atom. The normalized spacial score (nSPS) is 18.9. The highest BCUT2D eigenvalue weighted by Crippen LogP contribution is 2.45. The van der Waals surface area contributed by atoms with Gasteiger partial charge in [0.2, 0.25) is 11.8 Å². The molecule has 410 valence electrons. The van der Waals surface area contributed by atoms with E-state index in [1.165, 1.54) is 46.6 Å². The predicted molar refractivity (Wildman–Crippen MR) is 297 cm³/mol. The minimum atomic E-state index is -2.58. The van der Waals surface area contributed by atoms with Crippen LogP contribution < -0.4 is 22.6 Å². The van der Waals surface area contributed by atoms with Crippen LogP contribution >= 0.6 is 58.0 Å². The third kappa shape index (κ3) is 12.0. The first-order valence-corrected chi connectivity index (χ1v) is 25.7. The zero-order valence-electron chi connectivity index (χ0n) is 49.9. The summed E-state index contributed by atoms with van der Waals surface area (Å²) in [5.41, 5.74) is 3.39. The Bertz CT molecular complexity index is 4620. The van der Waals surface area contributed by atoms with E-state index in [9.17, 15) is 19.2 Å². The summed E-state index contributed by atoms with van der Waals surface area (Å²) in [6, 6.07) is 15.5. The minimum absolute atomic E-state index is 0.0251. The van der Waals surface area contributed by atoms with Crippen LogP contribution in [-0.2, 0) is 39.8 Å². The maximum Gasteiger partial charge on any atom is 0.437 e. The average molecular weight is 1190 g/mol. The van der Waals surface area contributed by atoms with Gasteiger partial charge in [-0.1, -0.05) is 70.7 Å². The van der Waals surface area contributed by atoms with Crippen LogP contribution in [-0.4, -0.2) is 93.9 Å². The number of hydrogen-bond donors (Lipinski definition) is 1. The summed E-state index contributed by atoms with van der Waals surface area (Å²) in [7, 11) is 0. The summed E-state index contributed by atoms with van der Waals surface area (Å²) in [4.78, 5) is 88.8. The number of benzene rings is 2. The third-order valence-electron chi connectivity index (χ3n) is 12.8. The zero-order chi connectivity index (χ0) is 63.7. The number of imidazole rings is 3. The van der Waals surface area contributed by atoms with Gasteiger partial charge in [0.1, 0.15) is 42.6 Å². The summed E-state index contributed by atoms with van der Waals surface area (Å²) in [6.45, 7) is -7.47. The van der Waals surface area contributed by atoms with E-state index < -0.39 is 43.6 Å². The number of hydrogen-bond acceptors (Lipinski definition) is 18. The molecule has 0 saturated heterocycles. The van der Waals surface area contributed by atoms with Crippen molar-refractivity contribution in [3.8, 4) is 0 Å². The van der Waals surface area contributed by atoms with Gasteiger partial charge in [-0.3, -0.25) is 19.1 Å². The molecular formula is C50H44Cl5N19O6. The van der Waals surface area contributed by atoms with Crippen molar-refractivity contribution in [2.45, 2.75) is 68.4 Å². The molecule has 14 rings (SSSR count). The second-order valence-corrected chi connectivity index (χ2v) is 19.6. The Balaban J connectivity index is 0.000000131. The van der Waals surface area contributed by atoms with Crippen molar-refractivity contribution in [3.05, 3.63) is 184 Å². The van der Waals surface area contributed by atoms with Crippen LogP contribution in [0.4, 0.5) is 5.69 Å². The van der Waals surface area contributed by atoms with Gasteiger partial charge in [-0.2, -0.15) is 9.36 Å². The number of nitrogens with one attached hydrogen (secondary N) is 1. The lowest BCUT2D eigenvalue weighted by Crippen LogP contribution is -2.31. The van der Waals surface area contributed by atoms with Gasteiger partial charge < -0.3 is 27.5 Å². The zero-order valence-corrected chi connectivity index (χ0v) is 44.7. The monoisotopic (exact) mass is 1190 g/mol. The predicted octanol–water partition coefficient (Wildman–Crippen LogP) is 7.51. The Morgan fingerprint density at radius 1 is 0.600 bits per heavy atom. The standard InChI is InChI=1S/C19H17ClN6O3.C13H12Cl2N2O2.C6H5ClN4.C6H4ClN3.C6H6N4O/c1-24-9-21-17-16(24)18(27)25(10-22-17)8-15-23-26(19(28)29-15)14-6-12(7-14)11-2-4-13(20)5-3-11;14-7-12-16-17(13(18)19-12)11-5-9(6-11)8-1-3-10(15)4-2-8;1-11-3-10-6-4(11)5(7)8-2-9-6;7-6-5-4(1-2-8-5)9-3-10-6;1-10-3-9-5-4(10)6(11)8-2-7-5/h2-5,9-10,12,14H,6-8H2,1H3;1-4,9,11H,5-7H2;2-3H,1H3;2-3H,1H2;2-3H,1H3,(H,7,8,11)/i1D3;;1D3;;1D3. The van der Waals surface area contributed by atoms with E-state index in [0.29, 0.717) is 22.0 Å². The van der Waals surface area contributed by atoms with E-state index in [2.05, 4.69) is 65.0 Å². The number of aryl methyl sites for hydroxylation is 3. The quantitative estimate of drug-likeness (QED) is 0.119. The van der Waals surface area contributed by atoms with Gasteiger partial charge in [0.15, 0.2) is 38.3 Å². The molecule has 1 aliphatic heterocycles. The van der Waals surface area contributed by atoms with Gasteiger partial charge in [-0.25, -0.2) is 54.4 Å². The van der Waals surface area contributed by atoms with Gasteiger partial charge in [-0.15, -0.1) is 21.8 Å². The third-order valence-corrected chi connectivity index (χ3v) is 14.1. The van der Waals surface area contributed by atoms with Crippen molar-refractivity contribution in [1.29, 1.82) is 0 Å². The fourth-order valence-corrected chi connectivity index (χ4v) is 9.39. The maximum atomic E-state index is 12.8. The van der Waals surface area contributed by atoms with Crippen LogP contribution in [0.1, 0.15) is 90.5 Å². The Morgan fingerprint density at radius 3 is 1.69 bits per heavy atom. The van der Waals surface area contributed by atoms with Gasteiger partial charge in [0.05, 0.1) is 43.1 Å². The molecule has 2 aliphatic carbocycles. The molecule has 0 atom stereocenters. The molecule has 11 aromatic rings. The number of rotatable bonds is 7. The van der Waals surface area contributed by atoms with Crippen molar-refractivity contribution in [3.63, 3.8) is 0 Å². The molecule has 0 radical (unpaired) electrons. The molecule has 25 nitrogen and oxygen atoms in total. The number of nitrogens with zero attached hydrogens (tertiary/aromatic N) is 18. The van der Waals surface area contributed by atoms with E-state index in [0.717, 1.165) is 85.0 Å². The first-order valence-electron chi connectivity index (χ1n) is 28.2. The molecule has 3 aliphatic rings. The van der Waals surface area contributed by atoms with Crippen LogP contribution in [0.5, 0.6) is 0 Å². The molecule has 0 spiro atoms. The molecule has 0 amide bonds. The maximum absolute atomic E-state index is 12.8. The van der Waals surface area contributed by atoms with Crippen LogP contribution in [0.2, 0.25) is 20.4 Å². The van der Waals surface area contributed by atoms with Crippen molar-refractivity contribution in [1.82, 2.24) is 87.7 Å². The van der Waals surface area contributed by atoms with E-state index in [1.54, 1.807) is 6.21 Å². The highest BCUT2D eigenvalue weighted by atomic mass is 35.5. The lowest BCUT2D eigenvalue weighted by Gasteiger charge is -2.34. The van der Waals surface area contributed by atoms with Crippen LogP contribution in [0.25, 0.3) is 33.5 Å². The summed E-state index contributed by atoms with van der Waals surface area (Å²) in [5.74, 6) is 0.165. The van der Waals surface area contributed by atoms with E-state index >= 15 is 0 Å². The second kappa shape index (κ2) is 24.0. The van der Waals surface area contributed by atoms with E-state index in [-0.39, 0.29) is 74.9 Å². The summed E-state index contributed by atoms with van der Waals surface area (Å²) >= 11 is 28.8. The lowest BCUT2D eigenvalue weighted by atomic mass is 9.76. The van der Waals surface area contributed by atoms with E-state index in [1.807, 2.05) is 48.5 Å². The molecule has 2 aromatic carbocycles. The summed E-state index contributed by atoms with van der Waals surface area (Å²) in [5, 5.41) is 10.3. The fraction of sp³-hybridized carbons (Fsp3) is 0.280. The Hall–Kier alpha value is -8.23. The van der Waals surface area contributed by atoms with E-state index in [4.69, 9.17) is 79.2 Å². The average Bonchev–Trinajstić information content (AvgIpc) is 2.12. The van der Waals surface area contributed by atoms with Gasteiger partial charge in [0.25, 0.3) is 11.1 Å². The number of alkyl halides is 1. The number of aromatic amines is 1. The van der Waals surface area contributed by atoms with Crippen LogP contribution in [0, 0.1) is 0 Å². The fourth-order valence-electron chi connectivity index (χ4n) is 8.61. The molecule has 2 fully saturated rings. The van der Waals surface area contributed by atoms with Crippen molar-refractivity contribution >= 4 is 103 Å². The number of aliphatic imine (C=N–C) groups is 1. The summed E-state index contributed by atoms with van der Waals surface area (Å²) < 4.78 is 82.3.